The van der Waals surface area contributed by atoms with Crippen molar-refractivity contribution in [3.8, 4) is 11.5 Å². The Morgan fingerprint density at radius 1 is 0.828 bits per heavy atom. The monoisotopic (exact) mass is 400 g/mol. The van der Waals surface area contributed by atoms with Gasteiger partial charge >= 0.3 is 0 Å². The van der Waals surface area contributed by atoms with Gasteiger partial charge in [0.05, 0.1) is 7.11 Å². The fourth-order valence-corrected chi connectivity index (χ4v) is 3.81. The van der Waals surface area contributed by atoms with E-state index < -0.39 is 6.67 Å². The second kappa shape index (κ2) is 11.8. The molecule has 4 nitrogen and oxygen atoms in total. The average molecular weight is 401 g/mol. The van der Waals surface area contributed by atoms with Gasteiger partial charge in [-0.05, 0) is 49.1 Å². The van der Waals surface area contributed by atoms with Crippen LogP contribution in [0.3, 0.4) is 0 Å². The molecule has 0 N–H and O–H groups in total. The number of methoxy groups -OCH3 is 1. The predicted molar refractivity (Wildman–Crippen MR) is 116 cm³/mol. The molecular weight excluding hydrogens is 367 g/mol. The smallest absolute Gasteiger partial charge is 0.123 e. The Hall–Kier alpha value is -2.11. The lowest BCUT2D eigenvalue weighted by atomic mass is 10.1. The second-order valence-electron chi connectivity index (χ2n) is 7.58. The van der Waals surface area contributed by atoms with Crippen molar-refractivity contribution in [2.75, 3.05) is 59.7 Å². The molecule has 0 saturated carbocycles. The van der Waals surface area contributed by atoms with E-state index in [9.17, 15) is 4.39 Å². The molecule has 5 heteroatoms. The Balaban J connectivity index is 1.38. The lowest BCUT2D eigenvalue weighted by molar-refractivity contribution is 0.132. The fourth-order valence-electron chi connectivity index (χ4n) is 3.81. The van der Waals surface area contributed by atoms with Gasteiger partial charge in [0.2, 0.25) is 0 Å². The summed E-state index contributed by atoms with van der Waals surface area (Å²) in [6, 6.07) is 16.6. The predicted octanol–water partition coefficient (Wildman–Crippen LogP) is 3.84. The molecule has 0 spiro atoms. The molecule has 0 bridgehead atoms. The molecule has 0 radical (unpaired) electrons. The maximum absolute atomic E-state index is 12.4. The first-order valence-electron chi connectivity index (χ1n) is 10.6. The zero-order valence-electron chi connectivity index (χ0n) is 17.5. The van der Waals surface area contributed by atoms with E-state index in [4.69, 9.17) is 9.47 Å². The van der Waals surface area contributed by atoms with Gasteiger partial charge in [-0.1, -0.05) is 30.3 Å². The molecule has 0 amide bonds. The molecule has 0 aliphatic carbocycles. The van der Waals surface area contributed by atoms with Crippen molar-refractivity contribution in [1.29, 1.82) is 0 Å². The number of halogens is 1. The van der Waals surface area contributed by atoms with Crippen molar-refractivity contribution in [2.45, 2.75) is 19.3 Å². The summed E-state index contributed by atoms with van der Waals surface area (Å²) in [4.78, 5) is 5.10. The van der Waals surface area contributed by atoms with Crippen molar-refractivity contribution in [3.63, 3.8) is 0 Å². The minimum absolute atomic E-state index is 0.0822. The molecule has 2 aromatic carbocycles. The van der Waals surface area contributed by atoms with Crippen LogP contribution >= 0.6 is 0 Å². The highest BCUT2D eigenvalue weighted by atomic mass is 19.1. The summed E-state index contributed by atoms with van der Waals surface area (Å²) in [6.07, 6.45) is 3.32. The minimum atomic E-state index is -0.484. The number of aryl methyl sites for hydroxylation is 1. The Labute approximate surface area is 174 Å². The first-order chi connectivity index (χ1) is 14.3. The highest BCUT2D eigenvalue weighted by Crippen LogP contribution is 2.23. The third kappa shape index (κ3) is 7.33. The molecule has 0 aromatic heterocycles. The molecule has 2 aromatic rings. The van der Waals surface area contributed by atoms with Gasteiger partial charge in [0.25, 0.3) is 0 Å². The molecule has 1 aliphatic rings. The van der Waals surface area contributed by atoms with Gasteiger partial charge in [-0.15, -0.1) is 0 Å². The number of ether oxygens (including phenoxy) is 2. The molecule has 1 heterocycles. The van der Waals surface area contributed by atoms with Crippen LogP contribution in [0, 0.1) is 0 Å². The SMILES string of the molecule is COc1cc(CCN2CCN(CCCc3ccccc3)CC2)cc(OCCF)c1. The van der Waals surface area contributed by atoms with Crippen molar-refractivity contribution >= 4 is 0 Å². The number of benzene rings is 2. The van der Waals surface area contributed by atoms with Crippen molar-refractivity contribution in [3.05, 3.63) is 59.7 Å². The molecular formula is C24H33FN2O2. The van der Waals surface area contributed by atoms with Gasteiger partial charge in [0.1, 0.15) is 24.8 Å². The summed E-state index contributed by atoms with van der Waals surface area (Å²) in [7, 11) is 1.65. The van der Waals surface area contributed by atoms with Crippen LogP contribution in [0.2, 0.25) is 0 Å². The number of piperazine rings is 1. The molecule has 1 fully saturated rings. The maximum Gasteiger partial charge on any atom is 0.123 e. The zero-order chi connectivity index (χ0) is 20.3. The Morgan fingerprint density at radius 3 is 2.21 bits per heavy atom. The summed E-state index contributed by atoms with van der Waals surface area (Å²) in [5.41, 5.74) is 2.60. The summed E-state index contributed by atoms with van der Waals surface area (Å²) >= 11 is 0. The standard InChI is InChI=1S/C24H33FN2O2/c1-28-23-18-22(19-24(20-23)29-17-10-25)9-12-27-15-13-26(14-16-27)11-5-8-21-6-3-2-4-7-21/h2-4,6-7,18-20H,5,8-17H2,1H3. The van der Waals surface area contributed by atoms with Gasteiger partial charge in [0.15, 0.2) is 0 Å². The van der Waals surface area contributed by atoms with Crippen molar-refractivity contribution < 1.29 is 13.9 Å². The van der Waals surface area contributed by atoms with Crippen LogP contribution in [0.25, 0.3) is 0 Å². The maximum atomic E-state index is 12.4. The first kappa shape index (κ1) is 21.6. The van der Waals surface area contributed by atoms with E-state index in [2.05, 4.69) is 40.1 Å². The molecule has 1 saturated heterocycles. The molecule has 29 heavy (non-hydrogen) atoms. The number of alkyl halides is 1. The highest BCUT2D eigenvalue weighted by molar-refractivity contribution is 5.38. The van der Waals surface area contributed by atoms with Crippen LogP contribution in [-0.4, -0.2) is 69.5 Å². The molecule has 0 atom stereocenters. The van der Waals surface area contributed by atoms with Gasteiger partial charge in [-0.3, -0.25) is 0 Å². The van der Waals surface area contributed by atoms with Crippen LogP contribution in [0.4, 0.5) is 4.39 Å². The third-order valence-corrected chi connectivity index (χ3v) is 5.49. The van der Waals surface area contributed by atoms with Gasteiger partial charge in [-0.25, -0.2) is 4.39 Å². The van der Waals surface area contributed by atoms with Crippen LogP contribution in [0.15, 0.2) is 48.5 Å². The van der Waals surface area contributed by atoms with E-state index in [0.29, 0.717) is 5.75 Å². The number of rotatable bonds is 11. The van der Waals surface area contributed by atoms with Crippen LogP contribution in [0.1, 0.15) is 17.5 Å². The number of nitrogens with zero attached hydrogens (tertiary/aromatic N) is 2. The van der Waals surface area contributed by atoms with E-state index in [1.807, 2.05) is 18.2 Å². The topological polar surface area (TPSA) is 24.9 Å². The van der Waals surface area contributed by atoms with E-state index in [1.54, 1.807) is 7.11 Å². The Morgan fingerprint density at radius 2 is 1.52 bits per heavy atom. The van der Waals surface area contributed by atoms with E-state index in [0.717, 1.165) is 51.3 Å². The quantitative estimate of drug-likeness (QED) is 0.572. The third-order valence-electron chi connectivity index (χ3n) is 5.49. The summed E-state index contributed by atoms with van der Waals surface area (Å²) in [5, 5.41) is 0. The number of hydrogen-bond acceptors (Lipinski definition) is 4. The fraction of sp³-hybridized carbons (Fsp3) is 0.500. The van der Waals surface area contributed by atoms with Gasteiger partial charge in [0, 0.05) is 38.8 Å². The van der Waals surface area contributed by atoms with Crippen LogP contribution < -0.4 is 9.47 Å². The number of hydrogen-bond donors (Lipinski definition) is 0. The van der Waals surface area contributed by atoms with E-state index >= 15 is 0 Å². The molecule has 158 valence electrons. The lowest BCUT2D eigenvalue weighted by Gasteiger charge is -2.34. The average Bonchev–Trinajstić information content (AvgIpc) is 2.77. The molecule has 3 rings (SSSR count). The Bertz CT molecular complexity index is 718. The normalized spacial score (nSPS) is 15.4. The lowest BCUT2D eigenvalue weighted by Crippen LogP contribution is -2.47. The minimum Gasteiger partial charge on any atom is -0.497 e. The largest absolute Gasteiger partial charge is 0.497 e. The van der Waals surface area contributed by atoms with Crippen LogP contribution in [-0.2, 0) is 12.8 Å². The van der Waals surface area contributed by atoms with E-state index in [-0.39, 0.29) is 6.61 Å². The summed E-state index contributed by atoms with van der Waals surface area (Å²) < 4.78 is 23.2. The zero-order valence-corrected chi connectivity index (χ0v) is 17.5. The van der Waals surface area contributed by atoms with Crippen molar-refractivity contribution in [1.82, 2.24) is 9.80 Å². The molecule has 1 aliphatic heterocycles. The van der Waals surface area contributed by atoms with E-state index in [1.165, 1.54) is 24.1 Å². The van der Waals surface area contributed by atoms with Crippen molar-refractivity contribution in [2.24, 2.45) is 0 Å². The Kier molecular flexibility index (Phi) is 8.78. The first-order valence-corrected chi connectivity index (χ1v) is 10.6. The summed E-state index contributed by atoms with van der Waals surface area (Å²) in [6.45, 7) is 6.29. The van der Waals surface area contributed by atoms with Gasteiger partial charge in [-0.2, -0.15) is 0 Å². The van der Waals surface area contributed by atoms with Crippen LogP contribution in [0.5, 0.6) is 11.5 Å². The molecule has 0 unspecified atom stereocenters. The second-order valence-corrected chi connectivity index (χ2v) is 7.58. The van der Waals surface area contributed by atoms with Gasteiger partial charge < -0.3 is 19.3 Å². The summed E-state index contributed by atoms with van der Waals surface area (Å²) in [5.74, 6) is 1.44. The highest BCUT2D eigenvalue weighted by Gasteiger charge is 2.16.